The summed E-state index contributed by atoms with van der Waals surface area (Å²) in [7, 11) is 1.60. The number of nitrogens with one attached hydrogen (secondary N) is 1. The average molecular weight is 450 g/mol. The molecular weight excluding hydrogens is 424 g/mol. The van der Waals surface area contributed by atoms with Crippen LogP contribution in [0.5, 0.6) is 11.5 Å². The van der Waals surface area contributed by atoms with E-state index in [-0.39, 0.29) is 11.7 Å². The van der Waals surface area contributed by atoms with Gasteiger partial charge in [0.25, 0.3) is 0 Å². The average Bonchev–Trinajstić information content (AvgIpc) is 3.17. The first-order valence-electron chi connectivity index (χ1n) is 10.4. The molecule has 0 aliphatic rings. The minimum absolute atomic E-state index is 0.208. The maximum Gasteiger partial charge on any atom is 0.390 e. The second kappa shape index (κ2) is 10.9. The molecule has 9 nitrogen and oxygen atoms in total. The van der Waals surface area contributed by atoms with Crippen molar-refractivity contribution in [1.82, 2.24) is 15.1 Å². The van der Waals surface area contributed by atoms with Crippen molar-refractivity contribution in [2.45, 2.75) is 27.0 Å². The van der Waals surface area contributed by atoms with Gasteiger partial charge in [-0.2, -0.15) is 4.68 Å². The number of benzene rings is 2. The van der Waals surface area contributed by atoms with E-state index in [4.69, 9.17) is 9.47 Å². The van der Waals surface area contributed by atoms with Crippen molar-refractivity contribution >= 4 is 17.8 Å². The van der Waals surface area contributed by atoms with Crippen LogP contribution in [0.1, 0.15) is 22.4 Å². The minimum atomic E-state index is -0.542. The van der Waals surface area contributed by atoms with E-state index in [1.54, 1.807) is 20.1 Å². The summed E-state index contributed by atoms with van der Waals surface area (Å²) < 4.78 is 12.8. The van der Waals surface area contributed by atoms with E-state index in [0.29, 0.717) is 31.1 Å². The molecule has 3 aromatic rings. The van der Waals surface area contributed by atoms with Gasteiger partial charge < -0.3 is 24.9 Å². The minimum Gasteiger partial charge on any atom is -0.496 e. The number of aromatic nitrogens is 2. The zero-order valence-corrected chi connectivity index (χ0v) is 18.8. The monoisotopic (exact) mass is 450 g/mol. The second-order valence-corrected chi connectivity index (χ2v) is 7.42. The third kappa shape index (κ3) is 6.67. The van der Waals surface area contributed by atoms with Crippen molar-refractivity contribution in [2.75, 3.05) is 13.7 Å². The summed E-state index contributed by atoms with van der Waals surface area (Å²) >= 11 is 0. The zero-order chi connectivity index (χ0) is 23.8. The van der Waals surface area contributed by atoms with E-state index in [1.807, 2.05) is 49.4 Å². The van der Waals surface area contributed by atoms with Crippen LogP contribution >= 0.6 is 0 Å². The highest BCUT2D eigenvalue weighted by molar-refractivity contribution is 5.91. The number of nitrogens with zero attached hydrogens (tertiary/aromatic N) is 3. The molecule has 0 radical (unpaired) electrons. The van der Waals surface area contributed by atoms with Gasteiger partial charge in [0, 0.05) is 18.2 Å². The predicted octanol–water partition coefficient (Wildman–Crippen LogP) is 3.83. The number of nitro groups is 1. The fourth-order valence-electron chi connectivity index (χ4n) is 3.21. The molecule has 1 aromatic heterocycles. The van der Waals surface area contributed by atoms with Crippen molar-refractivity contribution in [3.63, 3.8) is 0 Å². The summed E-state index contributed by atoms with van der Waals surface area (Å²) in [5, 5.41) is 17.4. The van der Waals surface area contributed by atoms with Crippen molar-refractivity contribution in [1.29, 1.82) is 0 Å². The number of amides is 1. The zero-order valence-electron chi connectivity index (χ0n) is 18.8. The van der Waals surface area contributed by atoms with Gasteiger partial charge in [0.1, 0.15) is 18.1 Å². The number of rotatable bonds is 10. The summed E-state index contributed by atoms with van der Waals surface area (Å²) in [6.45, 7) is 4.69. The molecule has 0 spiro atoms. The number of carbonyl (C=O) groups excluding carboxylic acids is 1. The molecule has 0 bridgehead atoms. The highest BCUT2D eigenvalue weighted by Crippen LogP contribution is 2.23. The van der Waals surface area contributed by atoms with Gasteiger partial charge in [-0.15, -0.1) is 0 Å². The molecule has 9 heteroatoms. The van der Waals surface area contributed by atoms with Crippen LogP contribution in [0.15, 0.2) is 54.6 Å². The van der Waals surface area contributed by atoms with Crippen molar-refractivity contribution < 1.29 is 19.2 Å². The number of aryl methyl sites for hydroxylation is 2. The predicted molar refractivity (Wildman–Crippen MR) is 124 cm³/mol. The van der Waals surface area contributed by atoms with Crippen molar-refractivity contribution in [3.05, 3.63) is 87.1 Å². The largest absolute Gasteiger partial charge is 0.496 e. The lowest BCUT2D eigenvalue weighted by Gasteiger charge is -2.11. The van der Waals surface area contributed by atoms with Gasteiger partial charge in [0.2, 0.25) is 5.91 Å². The van der Waals surface area contributed by atoms with Crippen LogP contribution in [0.25, 0.3) is 6.08 Å². The molecule has 0 unspecified atom stereocenters. The van der Waals surface area contributed by atoms with E-state index >= 15 is 0 Å². The molecule has 0 aliphatic heterocycles. The van der Waals surface area contributed by atoms with Gasteiger partial charge in [0.15, 0.2) is 0 Å². The molecule has 3 rings (SSSR count). The van der Waals surface area contributed by atoms with Gasteiger partial charge in [-0.05, 0) is 60.2 Å². The highest BCUT2D eigenvalue weighted by Gasteiger charge is 2.14. The SMILES string of the molecule is COc1ccc(/C=C/C(=O)NCCn2nc([N+](=O)[O-])cc2C)cc1COc1cccc(C)c1. The van der Waals surface area contributed by atoms with Crippen LogP contribution in [0.3, 0.4) is 0 Å². The van der Waals surface area contributed by atoms with Crippen LogP contribution in [-0.2, 0) is 17.9 Å². The van der Waals surface area contributed by atoms with Crippen LogP contribution in [0.4, 0.5) is 5.82 Å². The van der Waals surface area contributed by atoms with E-state index in [1.165, 1.54) is 16.8 Å². The number of hydrogen-bond acceptors (Lipinski definition) is 6. The standard InChI is InChI=1S/C24H26N4O5/c1-17-5-4-6-21(13-17)33-16-20-15-19(7-9-22(20)32-3)8-10-24(29)25-11-12-27-18(2)14-23(26-27)28(30)31/h4-10,13-15H,11-12,16H2,1-3H3,(H,25,29)/b10-8+. The van der Waals surface area contributed by atoms with Crippen molar-refractivity contribution in [2.24, 2.45) is 0 Å². The van der Waals surface area contributed by atoms with Gasteiger partial charge in [-0.3, -0.25) is 4.79 Å². The fraction of sp³-hybridized carbons (Fsp3) is 0.250. The molecule has 0 saturated heterocycles. The summed E-state index contributed by atoms with van der Waals surface area (Å²) in [5.41, 5.74) is 3.46. The lowest BCUT2D eigenvalue weighted by atomic mass is 10.1. The van der Waals surface area contributed by atoms with Gasteiger partial charge in [-0.1, -0.05) is 18.2 Å². The Morgan fingerprint density at radius 2 is 2.03 bits per heavy atom. The number of hydrogen-bond donors (Lipinski definition) is 1. The van der Waals surface area contributed by atoms with E-state index in [2.05, 4.69) is 10.4 Å². The molecular formula is C24H26N4O5. The molecule has 33 heavy (non-hydrogen) atoms. The third-order valence-electron chi connectivity index (χ3n) is 4.89. The number of carbonyl (C=O) groups is 1. The fourth-order valence-corrected chi connectivity index (χ4v) is 3.21. The van der Waals surface area contributed by atoms with Crippen LogP contribution in [-0.4, -0.2) is 34.3 Å². The molecule has 0 aliphatic carbocycles. The molecule has 0 atom stereocenters. The molecule has 1 amide bonds. The Morgan fingerprint density at radius 3 is 2.73 bits per heavy atom. The Balaban J connectivity index is 1.56. The van der Waals surface area contributed by atoms with E-state index in [9.17, 15) is 14.9 Å². The molecule has 172 valence electrons. The maximum absolute atomic E-state index is 12.2. The van der Waals surface area contributed by atoms with Crippen molar-refractivity contribution in [3.8, 4) is 11.5 Å². The van der Waals surface area contributed by atoms with Gasteiger partial charge in [-0.25, -0.2) is 0 Å². The molecule has 0 saturated carbocycles. The lowest BCUT2D eigenvalue weighted by Crippen LogP contribution is -2.26. The Hall–Kier alpha value is -4.14. The topological polar surface area (TPSA) is 109 Å². The first kappa shape index (κ1) is 23.5. The van der Waals surface area contributed by atoms with Gasteiger partial charge in [0.05, 0.1) is 30.5 Å². The van der Waals surface area contributed by atoms with Crippen LogP contribution < -0.4 is 14.8 Å². The Kier molecular flexibility index (Phi) is 7.80. The smallest absolute Gasteiger partial charge is 0.390 e. The highest BCUT2D eigenvalue weighted by atomic mass is 16.6. The van der Waals surface area contributed by atoms with Gasteiger partial charge >= 0.3 is 5.82 Å². The summed E-state index contributed by atoms with van der Waals surface area (Å²) in [6, 6.07) is 14.8. The van der Waals surface area contributed by atoms with E-state index < -0.39 is 4.92 Å². The molecule has 0 fully saturated rings. The first-order chi connectivity index (χ1) is 15.9. The number of methoxy groups -OCH3 is 1. The first-order valence-corrected chi connectivity index (χ1v) is 10.4. The lowest BCUT2D eigenvalue weighted by molar-refractivity contribution is -0.389. The quantitative estimate of drug-likeness (QED) is 0.286. The maximum atomic E-state index is 12.2. The summed E-state index contributed by atoms with van der Waals surface area (Å²) in [6.07, 6.45) is 3.14. The Labute approximate surface area is 191 Å². The Morgan fingerprint density at radius 1 is 1.21 bits per heavy atom. The third-order valence-corrected chi connectivity index (χ3v) is 4.89. The number of ether oxygens (including phenoxy) is 2. The van der Waals surface area contributed by atoms with Crippen LogP contribution in [0, 0.1) is 24.0 Å². The molecule has 2 aromatic carbocycles. The Bertz CT molecular complexity index is 1170. The van der Waals surface area contributed by atoms with E-state index in [0.717, 1.165) is 22.4 Å². The normalized spacial score (nSPS) is 10.9. The summed E-state index contributed by atoms with van der Waals surface area (Å²) in [4.78, 5) is 22.4. The second-order valence-electron chi connectivity index (χ2n) is 7.42. The molecule has 1 heterocycles. The van der Waals surface area contributed by atoms with Crippen LogP contribution in [0.2, 0.25) is 0 Å². The molecule has 1 N–H and O–H groups in total. The summed E-state index contributed by atoms with van der Waals surface area (Å²) in [5.74, 6) is 0.992.